The zero-order valence-corrected chi connectivity index (χ0v) is 21.0. The second-order valence-corrected chi connectivity index (χ2v) is 9.47. The molecule has 3 heterocycles. The number of Topliss-reactive ketones (excluding diaryl/α,β-unsaturated/α-hetero) is 1. The molecule has 0 fully saturated rings. The first-order valence-corrected chi connectivity index (χ1v) is 12.2. The maximum Gasteiger partial charge on any atom is 0.290 e. The third kappa shape index (κ3) is 4.81. The second kappa shape index (κ2) is 10.4. The number of aliphatic hydroxyl groups is 1. The van der Waals surface area contributed by atoms with Gasteiger partial charge in [0.1, 0.15) is 5.76 Å². The van der Waals surface area contributed by atoms with Crippen molar-refractivity contribution in [3.63, 3.8) is 0 Å². The fraction of sp³-hybridized carbons (Fsp3) is 0.346. The van der Waals surface area contributed by atoms with Gasteiger partial charge in [0, 0.05) is 0 Å². The van der Waals surface area contributed by atoms with E-state index in [4.69, 9.17) is 13.9 Å². The lowest BCUT2D eigenvalue weighted by atomic mass is 9.94. The molecule has 0 bridgehead atoms. The Labute approximate surface area is 207 Å². The molecule has 8 nitrogen and oxygen atoms in total. The summed E-state index contributed by atoms with van der Waals surface area (Å²) in [6.07, 6.45) is 3.42. The van der Waals surface area contributed by atoms with Gasteiger partial charge in [0.25, 0.3) is 5.91 Å². The molecule has 1 amide bonds. The number of furan rings is 1. The Morgan fingerprint density at radius 1 is 1.26 bits per heavy atom. The molecule has 184 valence electrons. The molecule has 1 N–H and O–H groups in total. The van der Waals surface area contributed by atoms with Crippen molar-refractivity contribution in [3.8, 4) is 11.5 Å². The fourth-order valence-corrected chi connectivity index (χ4v) is 5.00. The molecule has 0 saturated carbocycles. The molecule has 1 aliphatic rings. The molecule has 0 saturated heterocycles. The first kappa shape index (κ1) is 24.5. The lowest BCUT2D eigenvalue weighted by Crippen LogP contribution is -2.30. The maximum atomic E-state index is 13.7. The third-order valence-electron chi connectivity index (χ3n) is 5.82. The number of nitrogens with zero attached hydrogens (tertiary/aromatic N) is 2. The van der Waals surface area contributed by atoms with E-state index in [-0.39, 0.29) is 12.1 Å². The Hall–Kier alpha value is -3.59. The van der Waals surface area contributed by atoms with Crippen molar-refractivity contribution in [1.29, 1.82) is 0 Å². The first-order valence-electron chi connectivity index (χ1n) is 11.4. The molecule has 0 aliphatic carbocycles. The largest absolute Gasteiger partial charge is 0.503 e. The Morgan fingerprint density at radius 3 is 2.69 bits per heavy atom. The van der Waals surface area contributed by atoms with Gasteiger partial charge < -0.3 is 23.9 Å². The molecule has 1 unspecified atom stereocenters. The van der Waals surface area contributed by atoms with Gasteiger partial charge in [-0.15, -0.1) is 11.3 Å². The number of aliphatic hydroxyl groups excluding tert-OH is 1. The Morgan fingerprint density at radius 2 is 2.06 bits per heavy atom. The molecule has 4 rings (SSSR count). The highest BCUT2D eigenvalue weighted by molar-refractivity contribution is 7.14. The van der Waals surface area contributed by atoms with Gasteiger partial charge in [-0.3, -0.25) is 9.59 Å². The van der Waals surface area contributed by atoms with Crippen LogP contribution in [0.3, 0.4) is 0 Å². The number of carbonyl (C=O) groups excluding carboxylic acids is 2. The SMILES string of the molecule is CCCCOc1ccc(C2C(C(=O)c3sc(C)nc3C)=C(O)C(=O)N2Cc2ccco2)cc1OC. The average Bonchev–Trinajstić information content (AvgIpc) is 3.54. The van der Waals surface area contributed by atoms with E-state index in [0.29, 0.717) is 40.0 Å². The average molecular weight is 497 g/mol. The molecule has 3 aromatic rings. The van der Waals surface area contributed by atoms with Crippen molar-refractivity contribution in [2.24, 2.45) is 0 Å². The Balaban J connectivity index is 1.78. The second-order valence-electron chi connectivity index (χ2n) is 8.27. The highest BCUT2D eigenvalue weighted by Crippen LogP contribution is 2.43. The van der Waals surface area contributed by atoms with Crippen LogP contribution in [0.2, 0.25) is 0 Å². The van der Waals surface area contributed by atoms with Crippen LogP contribution in [0, 0.1) is 13.8 Å². The van der Waals surface area contributed by atoms with Gasteiger partial charge in [-0.25, -0.2) is 4.98 Å². The molecular weight excluding hydrogens is 468 g/mol. The third-order valence-corrected chi connectivity index (χ3v) is 6.89. The van der Waals surface area contributed by atoms with Crippen molar-refractivity contribution >= 4 is 23.0 Å². The Kier molecular flexibility index (Phi) is 7.25. The van der Waals surface area contributed by atoms with Crippen LogP contribution in [0.25, 0.3) is 0 Å². The number of carbonyl (C=O) groups is 2. The number of hydrogen-bond acceptors (Lipinski definition) is 8. The van der Waals surface area contributed by atoms with Crippen molar-refractivity contribution in [2.45, 2.75) is 46.2 Å². The summed E-state index contributed by atoms with van der Waals surface area (Å²) >= 11 is 1.24. The molecule has 0 spiro atoms. The Bertz CT molecular complexity index is 1260. The van der Waals surface area contributed by atoms with E-state index in [9.17, 15) is 14.7 Å². The van der Waals surface area contributed by atoms with Crippen LogP contribution in [0.1, 0.15) is 57.5 Å². The minimum Gasteiger partial charge on any atom is -0.503 e. The summed E-state index contributed by atoms with van der Waals surface area (Å²) in [7, 11) is 1.54. The number of hydrogen-bond donors (Lipinski definition) is 1. The summed E-state index contributed by atoms with van der Waals surface area (Å²) < 4.78 is 16.9. The van der Waals surface area contributed by atoms with Gasteiger partial charge in [-0.05, 0) is 50.1 Å². The number of ether oxygens (including phenoxy) is 2. The lowest BCUT2D eigenvalue weighted by Gasteiger charge is -2.26. The van der Waals surface area contributed by atoms with E-state index >= 15 is 0 Å². The molecule has 1 atom stereocenters. The number of amides is 1. The molecule has 9 heteroatoms. The topological polar surface area (TPSA) is 102 Å². The van der Waals surface area contributed by atoms with Gasteiger partial charge in [0.05, 0.1) is 53.7 Å². The van der Waals surface area contributed by atoms with Gasteiger partial charge in [-0.1, -0.05) is 19.4 Å². The molecule has 0 radical (unpaired) electrons. The van der Waals surface area contributed by atoms with Gasteiger partial charge in [0.15, 0.2) is 17.3 Å². The van der Waals surface area contributed by atoms with Gasteiger partial charge in [0.2, 0.25) is 5.78 Å². The van der Waals surface area contributed by atoms with Gasteiger partial charge in [-0.2, -0.15) is 0 Å². The minimum atomic E-state index is -0.847. The van der Waals surface area contributed by atoms with Crippen LogP contribution >= 0.6 is 11.3 Å². The van der Waals surface area contributed by atoms with Crippen LogP contribution in [0.5, 0.6) is 11.5 Å². The minimum absolute atomic E-state index is 0.00927. The zero-order chi connectivity index (χ0) is 25.1. The van der Waals surface area contributed by atoms with Crippen LogP contribution in [0.15, 0.2) is 52.3 Å². The molecular formula is C26H28N2O6S. The summed E-state index contributed by atoms with van der Waals surface area (Å²) in [5.74, 6) is -0.0574. The predicted molar refractivity (Wildman–Crippen MR) is 131 cm³/mol. The molecule has 1 aliphatic heterocycles. The summed E-state index contributed by atoms with van der Waals surface area (Å²) in [5, 5.41) is 11.6. The normalized spacial score (nSPS) is 15.7. The van der Waals surface area contributed by atoms with E-state index < -0.39 is 23.5 Å². The number of thiazole rings is 1. The van der Waals surface area contributed by atoms with E-state index in [1.165, 1.54) is 29.6 Å². The summed E-state index contributed by atoms with van der Waals surface area (Å²) in [5.41, 5.74) is 1.18. The summed E-state index contributed by atoms with van der Waals surface area (Å²) in [6, 6.07) is 7.90. The quantitative estimate of drug-likeness (QED) is 0.299. The van der Waals surface area contributed by atoms with Crippen molar-refractivity contribution in [2.75, 3.05) is 13.7 Å². The number of unbranched alkanes of at least 4 members (excludes halogenated alkanes) is 1. The predicted octanol–water partition coefficient (Wildman–Crippen LogP) is 5.32. The maximum absolute atomic E-state index is 13.7. The molecule has 1 aromatic carbocycles. The van der Waals surface area contributed by atoms with Gasteiger partial charge >= 0.3 is 0 Å². The number of rotatable bonds is 10. The molecule has 35 heavy (non-hydrogen) atoms. The first-order chi connectivity index (χ1) is 16.8. The lowest BCUT2D eigenvalue weighted by molar-refractivity contribution is -0.130. The van der Waals surface area contributed by atoms with E-state index in [1.807, 2.05) is 6.92 Å². The standard InChI is InChI=1S/C26H28N2O6S/c1-5-6-11-34-19-10-9-17(13-20(19)32-4)22-21(23(29)25-15(2)27-16(3)35-25)24(30)26(31)28(22)14-18-8-7-12-33-18/h7-10,12-13,22,30H,5-6,11,14H2,1-4H3. The molecule has 2 aromatic heterocycles. The number of aryl methyl sites for hydroxylation is 2. The van der Waals surface area contributed by atoms with Crippen molar-refractivity contribution < 1.29 is 28.6 Å². The van der Waals surface area contributed by atoms with Crippen LogP contribution < -0.4 is 9.47 Å². The zero-order valence-electron chi connectivity index (χ0n) is 20.2. The number of benzene rings is 1. The van der Waals surface area contributed by atoms with E-state index in [1.54, 1.807) is 37.3 Å². The van der Waals surface area contributed by atoms with Crippen molar-refractivity contribution in [1.82, 2.24) is 9.88 Å². The summed E-state index contributed by atoms with van der Waals surface area (Å²) in [6.45, 7) is 6.26. The number of ketones is 1. The number of aromatic nitrogens is 1. The smallest absolute Gasteiger partial charge is 0.290 e. The van der Waals surface area contributed by atoms with E-state index in [0.717, 1.165) is 17.8 Å². The highest BCUT2D eigenvalue weighted by atomic mass is 32.1. The van der Waals surface area contributed by atoms with Crippen LogP contribution in [-0.4, -0.2) is 40.4 Å². The monoisotopic (exact) mass is 496 g/mol. The van der Waals surface area contributed by atoms with Crippen LogP contribution in [0.4, 0.5) is 0 Å². The highest BCUT2D eigenvalue weighted by Gasteiger charge is 2.45. The number of methoxy groups -OCH3 is 1. The summed E-state index contributed by atoms with van der Waals surface area (Å²) in [4.78, 5) is 33.0. The van der Waals surface area contributed by atoms with Crippen molar-refractivity contribution in [3.05, 3.63) is 74.8 Å². The van der Waals surface area contributed by atoms with E-state index in [2.05, 4.69) is 11.9 Å². The fourth-order valence-electron chi connectivity index (χ4n) is 4.13. The van der Waals surface area contributed by atoms with Crippen LogP contribution in [-0.2, 0) is 11.3 Å².